The molecule has 1 heterocycles. The zero-order valence-corrected chi connectivity index (χ0v) is 13.2. The summed E-state index contributed by atoms with van der Waals surface area (Å²) >= 11 is 1.81. The Morgan fingerprint density at radius 3 is 2.68 bits per heavy atom. The minimum absolute atomic E-state index is 0.00294. The highest BCUT2D eigenvalue weighted by atomic mass is 32.2. The van der Waals surface area contributed by atoms with Gasteiger partial charge in [0.2, 0.25) is 0 Å². The first-order valence-electron chi connectivity index (χ1n) is 7.38. The number of hydrogen-bond acceptors (Lipinski definition) is 3. The van der Waals surface area contributed by atoms with Gasteiger partial charge in [-0.05, 0) is 37.5 Å². The molecular weight excluding hydrogens is 256 g/mol. The van der Waals surface area contributed by atoms with Crippen LogP contribution < -0.4 is 0 Å². The van der Waals surface area contributed by atoms with E-state index in [1.165, 1.54) is 12.8 Å². The van der Waals surface area contributed by atoms with Crippen LogP contribution in [0.25, 0.3) is 0 Å². The number of ether oxygens (including phenoxy) is 1. The van der Waals surface area contributed by atoms with E-state index in [0.717, 1.165) is 12.8 Å². The lowest BCUT2D eigenvalue weighted by molar-refractivity contribution is -0.156. The molecular formula is C16H24O2S. The van der Waals surface area contributed by atoms with E-state index < -0.39 is 0 Å². The van der Waals surface area contributed by atoms with Gasteiger partial charge in [-0.25, -0.2) is 0 Å². The van der Waals surface area contributed by atoms with Crippen LogP contribution in [-0.2, 0) is 9.53 Å². The number of allylic oxidation sites excluding steroid dienone is 2. The number of rotatable bonds is 2. The van der Waals surface area contributed by atoms with Crippen molar-refractivity contribution in [2.75, 3.05) is 0 Å². The first kappa shape index (κ1) is 13.5. The number of carbonyl (C=O) groups is 1. The average molecular weight is 280 g/mol. The van der Waals surface area contributed by atoms with Gasteiger partial charge in [-0.3, -0.25) is 4.79 Å². The molecule has 1 spiro atoms. The van der Waals surface area contributed by atoms with Gasteiger partial charge in [-0.1, -0.05) is 44.7 Å². The average Bonchev–Trinajstić information content (AvgIpc) is 2.83. The van der Waals surface area contributed by atoms with Gasteiger partial charge in [0.15, 0.2) is 4.93 Å². The Balaban J connectivity index is 1.89. The molecule has 4 atom stereocenters. The maximum Gasteiger partial charge on any atom is 0.320 e. The van der Waals surface area contributed by atoms with Crippen molar-refractivity contribution in [3.8, 4) is 0 Å². The predicted octanol–water partition coefficient (Wildman–Crippen LogP) is 4.15. The molecule has 3 heteroatoms. The largest absolute Gasteiger partial charge is 0.446 e. The second kappa shape index (κ2) is 4.03. The SMILES string of the molecule is C/C=C/C[C@@H]1S[C@@]2(C[C@@H]3CC[C@@]2(C)C3(C)C)OC1=O. The van der Waals surface area contributed by atoms with E-state index >= 15 is 0 Å². The molecule has 2 aliphatic carbocycles. The molecule has 0 amide bonds. The van der Waals surface area contributed by atoms with Gasteiger partial charge in [0, 0.05) is 11.8 Å². The molecule has 106 valence electrons. The highest BCUT2D eigenvalue weighted by molar-refractivity contribution is 8.02. The summed E-state index contributed by atoms with van der Waals surface area (Å²) in [6, 6.07) is 0. The van der Waals surface area contributed by atoms with E-state index in [2.05, 4.69) is 26.8 Å². The minimum atomic E-state index is -0.247. The second-order valence-corrected chi connectivity index (χ2v) is 8.54. The molecule has 2 nitrogen and oxygen atoms in total. The predicted molar refractivity (Wildman–Crippen MR) is 78.9 cm³/mol. The third-order valence-corrected chi connectivity index (χ3v) is 7.99. The fourth-order valence-electron chi connectivity index (χ4n) is 4.45. The van der Waals surface area contributed by atoms with Crippen LogP contribution in [0.4, 0.5) is 0 Å². The van der Waals surface area contributed by atoms with E-state index in [9.17, 15) is 4.79 Å². The molecule has 2 bridgehead atoms. The van der Waals surface area contributed by atoms with Gasteiger partial charge in [0.25, 0.3) is 0 Å². The van der Waals surface area contributed by atoms with Crippen molar-refractivity contribution in [3.63, 3.8) is 0 Å². The fourth-order valence-corrected chi connectivity index (χ4v) is 6.32. The van der Waals surface area contributed by atoms with E-state index in [1.807, 2.05) is 24.8 Å². The molecule has 3 aliphatic rings. The molecule has 0 N–H and O–H groups in total. The van der Waals surface area contributed by atoms with Crippen molar-refractivity contribution < 1.29 is 9.53 Å². The normalized spacial score (nSPS) is 47.5. The number of thioether (sulfide) groups is 1. The molecule has 1 saturated heterocycles. The topological polar surface area (TPSA) is 26.3 Å². The van der Waals surface area contributed by atoms with Gasteiger partial charge in [0.05, 0.1) is 0 Å². The van der Waals surface area contributed by atoms with Crippen LogP contribution in [-0.4, -0.2) is 16.2 Å². The summed E-state index contributed by atoms with van der Waals surface area (Å²) in [6.07, 6.45) is 8.45. The Hall–Kier alpha value is -0.440. The highest BCUT2D eigenvalue weighted by Gasteiger charge is 2.73. The first-order valence-corrected chi connectivity index (χ1v) is 8.26. The number of carbonyl (C=O) groups excluding carboxylic acids is 1. The molecule has 3 rings (SSSR count). The number of hydrogen-bond donors (Lipinski definition) is 0. The third kappa shape index (κ3) is 1.54. The fraction of sp³-hybridized carbons (Fsp3) is 0.812. The smallest absolute Gasteiger partial charge is 0.320 e. The minimum Gasteiger partial charge on any atom is -0.446 e. The summed E-state index contributed by atoms with van der Waals surface area (Å²) in [5, 5.41) is 0.00294. The van der Waals surface area contributed by atoms with Crippen LogP contribution in [0.15, 0.2) is 12.2 Å². The van der Waals surface area contributed by atoms with Gasteiger partial charge < -0.3 is 4.74 Å². The Morgan fingerprint density at radius 1 is 1.42 bits per heavy atom. The van der Waals surface area contributed by atoms with E-state index in [1.54, 1.807) is 0 Å². The van der Waals surface area contributed by atoms with E-state index in [4.69, 9.17) is 4.74 Å². The zero-order chi connectivity index (χ0) is 13.9. The molecule has 0 aromatic heterocycles. The van der Waals surface area contributed by atoms with Crippen LogP contribution in [0.5, 0.6) is 0 Å². The lowest BCUT2D eigenvalue weighted by atomic mass is 9.69. The lowest BCUT2D eigenvalue weighted by Gasteiger charge is -2.44. The van der Waals surface area contributed by atoms with E-state index in [0.29, 0.717) is 5.92 Å². The highest BCUT2D eigenvalue weighted by Crippen LogP contribution is 2.75. The Kier molecular flexibility index (Phi) is 2.87. The standard InChI is InChI=1S/C16H24O2S/c1-5-6-7-12-13(17)18-16(19-12)10-11-8-9-15(16,4)14(11,2)3/h5-6,11-12H,7-10H2,1-4H3/b6-5+/t11-,12-,15-,16+/m0/s1. The lowest BCUT2D eigenvalue weighted by Crippen LogP contribution is -2.44. The van der Waals surface area contributed by atoms with Crippen molar-refractivity contribution in [1.82, 2.24) is 0 Å². The molecule has 3 fully saturated rings. The number of fused-ring (bicyclic) bond motifs is 3. The summed E-state index contributed by atoms with van der Waals surface area (Å²) in [7, 11) is 0. The van der Waals surface area contributed by atoms with Crippen molar-refractivity contribution in [2.45, 2.75) is 63.6 Å². The first-order chi connectivity index (χ1) is 8.86. The monoisotopic (exact) mass is 280 g/mol. The summed E-state index contributed by atoms with van der Waals surface area (Å²) in [6.45, 7) is 9.08. The summed E-state index contributed by atoms with van der Waals surface area (Å²) < 4.78 is 5.98. The zero-order valence-electron chi connectivity index (χ0n) is 12.4. The summed E-state index contributed by atoms with van der Waals surface area (Å²) in [5.41, 5.74) is 0.422. The third-order valence-electron chi connectivity index (χ3n) is 6.24. The molecule has 1 aliphatic heterocycles. The van der Waals surface area contributed by atoms with Crippen LogP contribution in [0.1, 0.15) is 53.4 Å². The maximum atomic E-state index is 12.2. The second-order valence-electron chi connectivity index (χ2n) is 7.08. The van der Waals surface area contributed by atoms with Crippen molar-refractivity contribution in [2.24, 2.45) is 16.7 Å². The van der Waals surface area contributed by atoms with Crippen LogP contribution in [0.3, 0.4) is 0 Å². The maximum absolute atomic E-state index is 12.2. The summed E-state index contributed by atoms with van der Waals surface area (Å²) in [5.74, 6) is 0.714. The van der Waals surface area contributed by atoms with Crippen LogP contribution in [0, 0.1) is 16.7 Å². The van der Waals surface area contributed by atoms with Crippen LogP contribution >= 0.6 is 11.8 Å². The molecule has 19 heavy (non-hydrogen) atoms. The van der Waals surface area contributed by atoms with Gasteiger partial charge in [-0.2, -0.15) is 0 Å². The molecule has 0 radical (unpaired) electrons. The van der Waals surface area contributed by atoms with Gasteiger partial charge in [0.1, 0.15) is 5.25 Å². The van der Waals surface area contributed by atoms with Crippen molar-refractivity contribution >= 4 is 17.7 Å². The Morgan fingerprint density at radius 2 is 2.16 bits per heavy atom. The van der Waals surface area contributed by atoms with Crippen molar-refractivity contribution in [1.29, 1.82) is 0 Å². The van der Waals surface area contributed by atoms with Gasteiger partial charge in [-0.15, -0.1) is 0 Å². The van der Waals surface area contributed by atoms with E-state index in [-0.39, 0.29) is 27.0 Å². The molecule has 0 unspecified atom stereocenters. The number of esters is 1. The quantitative estimate of drug-likeness (QED) is 0.561. The Bertz CT molecular complexity index is 442. The van der Waals surface area contributed by atoms with Crippen molar-refractivity contribution in [3.05, 3.63) is 12.2 Å². The van der Waals surface area contributed by atoms with Gasteiger partial charge >= 0.3 is 5.97 Å². The molecule has 0 aromatic carbocycles. The Labute approximate surface area is 120 Å². The molecule has 0 aromatic rings. The van der Waals surface area contributed by atoms with Crippen LogP contribution in [0.2, 0.25) is 0 Å². The molecule has 2 saturated carbocycles. The summed E-state index contributed by atoms with van der Waals surface area (Å²) in [4.78, 5) is 11.9.